The van der Waals surface area contributed by atoms with Crippen LogP contribution in [-0.2, 0) is 10.2 Å². The highest BCUT2D eigenvalue weighted by Gasteiger charge is 2.45. The number of hydrogen-bond donors (Lipinski definition) is 3. The summed E-state index contributed by atoms with van der Waals surface area (Å²) in [6, 6.07) is 10.1. The summed E-state index contributed by atoms with van der Waals surface area (Å²) in [6.07, 6.45) is 2.91. The van der Waals surface area contributed by atoms with Crippen molar-refractivity contribution in [3.05, 3.63) is 35.9 Å². The van der Waals surface area contributed by atoms with Gasteiger partial charge in [-0.1, -0.05) is 30.3 Å². The van der Waals surface area contributed by atoms with Crippen LogP contribution >= 0.6 is 24.8 Å². The highest BCUT2D eigenvalue weighted by Crippen LogP contribution is 2.37. The molecule has 3 aliphatic rings. The first-order chi connectivity index (χ1) is 12.6. The van der Waals surface area contributed by atoms with E-state index in [2.05, 4.69) is 34.7 Å². The molecule has 2 saturated heterocycles. The number of likely N-dealkylation sites (tertiary alicyclic amines) is 1. The highest BCUT2D eigenvalue weighted by atomic mass is 35.5. The number of aliphatic hydroxyl groups excluding tert-OH is 1. The fourth-order valence-electron chi connectivity index (χ4n) is 5.16. The minimum absolute atomic E-state index is 0. The van der Waals surface area contributed by atoms with Gasteiger partial charge in [-0.25, -0.2) is 0 Å². The van der Waals surface area contributed by atoms with E-state index in [1.165, 1.54) is 0 Å². The van der Waals surface area contributed by atoms with Crippen LogP contribution in [0.2, 0.25) is 0 Å². The average Bonchev–Trinajstić information content (AvgIpc) is 3.10. The molecule has 1 aliphatic carbocycles. The van der Waals surface area contributed by atoms with Crippen LogP contribution < -0.4 is 10.6 Å². The quantitative estimate of drug-likeness (QED) is 0.686. The Balaban J connectivity index is 0.00000140. The van der Waals surface area contributed by atoms with Crippen molar-refractivity contribution in [3.63, 3.8) is 0 Å². The van der Waals surface area contributed by atoms with Crippen molar-refractivity contribution in [3.8, 4) is 0 Å². The summed E-state index contributed by atoms with van der Waals surface area (Å²) in [5, 5.41) is 17.3. The summed E-state index contributed by atoms with van der Waals surface area (Å²) < 4.78 is 0. The predicted molar refractivity (Wildman–Crippen MR) is 116 cm³/mol. The number of nitrogens with one attached hydrogen (secondary N) is 2. The van der Waals surface area contributed by atoms with E-state index >= 15 is 0 Å². The van der Waals surface area contributed by atoms with Gasteiger partial charge in [0, 0.05) is 0 Å². The fourth-order valence-corrected chi connectivity index (χ4v) is 5.16. The molecule has 1 saturated carbocycles. The van der Waals surface area contributed by atoms with E-state index in [9.17, 15) is 9.90 Å². The van der Waals surface area contributed by atoms with Gasteiger partial charge in [-0.05, 0) is 76.3 Å². The van der Waals surface area contributed by atoms with E-state index in [1.807, 2.05) is 18.2 Å². The van der Waals surface area contributed by atoms with Gasteiger partial charge in [-0.15, -0.1) is 24.8 Å². The van der Waals surface area contributed by atoms with Gasteiger partial charge in [0.25, 0.3) is 0 Å². The molecule has 4 rings (SSSR count). The number of nitrogens with zero attached hydrogens (tertiary/aromatic N) is 1. The number of fused-ring (bicyclic) bond motifs is 1. The normalized spacial score (nSPS) is 31.8. The van der Waals surface area contributed by atoms with Gasteiger partial charge < -0.3 is 20.6 Å². The lowest BCUT2D eigenvalue weighted by molar-refractivity contribution is -0.131. The Morgan fingerprint density at radius 1 is 1.11 bits per heavy atom. The molecule has 7 heteroatoms. The molecule has 3 N–H and O–H groups in total. The number of benzene rings is 1. The summed E-state index contributed by atoms with van der Waals surface area (Å²) >= 11 is 0. The van der Waals surface area contributed by atoms with Gasteiger partial charge in [0.05, 0.1) is 17.6 Å². The first-order valence-corrected chi connectivity index (χ1v) is 10.0. The molecule has 4 atom stereocenters. The fraction of sp³-hybridized carbons (Fsp3) is 0.667. The van der Waals surface area contributed by atoms with Gasteiger partial charge in [-0.3, -0.25) is 4.79 Å². The van der Waals surface area contributed by atoms with Gasteiger partial charge in [0.15, 0.2) is 0 Å². The van der Waals surface area contributed by atoms with E-state index in [-0.39, 0.29) is 36.8 Å². The van der Waals surface area contributed by atoms with Crippen LogP contribution in [0.1, 0.15) is 31.2 Å². The van der Waals surface area contributed by atoms with Crippen LogP contribution in [0.4, 0.5) is 0 Å². The molecule has 0 bridgehead atoms. The van der Waals surface area contributed by atoms with E-state index < -0.39 is 11.5 Å². The Labute approximate surface area is 180 Å². The summed E-state index contributed by atoms with van der Waals surface area (Å²) in [4.78, 5) is 15.8. The van der Waals surface area contributed by atoms with Crippen molar-refractivity contribution < 1.29 is 9.90 Å². The number of halogens is 2. The van der Waals surface area contributed by atoms with Gasteiger partial charge >= 0.3 is 0 Å². The number of piperidine rings is 1. The lowest BCUT2D eigenvalue weighted by atomic mass is 9.71. The number of amides is 1. The minimum atomic E-state index is -0.474. The number of carbonyl (C=O) groups excluding carboxylic acids is 1. The van der Waals surface area contributed by atoms with Gasteiger partial charge in [-0.2, -0.15) is 0 Å². The molecule has 0 aromatic heterocycles. The molecule has 3 fully saturated rings. The highest BCUT2D eigenvalue weighted by molar-refractivity contribution is 5.88. The van der Waals surface area contributed by atoms with Crippen LogP contribution in [0.15, 0.2) is 30.3 Å². The number of rotatable bonds is 3. The number of hydrogen-bond acceptors (Lipinski definition) is 4. The second-order valence-electron chi connectivity index (χ2n) is 8.55. The third-order valence-electron chi connectivity index (χ3n) is 6.96. The van der Waals surface area contributed by atoms with Crippen LogP contribution in [-0.4, -0.2) is 61.3 Å². The first-order valence-electron chi connectivity index (χ1n) is 10.0. The zero-order valence-electron chi connectivity index (χ0n) is 16.5. The van der Waals surface area contributed by atoms with Crippen LogP contribution in [0.5, 0.6) is 0 Å². The number of aliphatic hydroxyl groups is 1. The third-order valence-corrected chi connectivity index (χ3v) is 6.96. The Kier molecular flexibility index (Phi) is 8.17. The lowest BCUT2D eigenvalue weighted by Gasteiger charge is -2.42. The standard InChI is InChI=1S/C21H31N3O2.2ClH/c1-24-9-7-21(8-10-24,17-5-3-2-4-6-17)20(26)23-18-11-15-13-22-14-16(15)12-19(18)25;;/h2-6,15-16,18-19,22,25H,7-14H2,1H3,(H,23,26);2*1H/t15-,16+,18-,19-;;/m0../s1. The van der Waals surface area contributed by atoms with Crippen LogP contribution in [0, 0.1) is 11.8 Å². The Bertz CT molecular complexity index is 638. The molecule has 1 aromatic carbocycles. The average molecular weight is 430 g/mol. The molecule has 158 valence electrons. The van der Waals surface area contributed by atoms with Crippen molar-refractivity contribution >= 4 is 30.7 Å². The summed E-state index contributed by atoms with van der Waals surface area (Å²) in [5.74, 6) is 1.24. The second-order valence-corrected chi connectivity index (χ2v) is 8.55. The smallest absolute Gasteiger partial charge is 0.231 e. The molecule has 1 amide bonds. The maximum Gasteiger partial charge on any atom is 0.231 e. The molecule has 0 radical (unpaired) electrons. The monoisotopic (exact) mass is 429 g/mol. The molecule has 28 heavy (non-hydrogen) atoms. The molecule has 5 nitrogen and oxygen atoms in total. The van der Waals surface area contributed by atoms with Crippen molar-refractivity contribution in [2.75, 3.05) is 33.2 Å². The first kappa shape index (κ1) is 23.4. The van der Waals surface area contributed by atoms with E-state index in [0.29, 0.717) is 11.8 Å². The van der Waals surface area contributed by atoms with Crippen LogP contribution in [0.25, 0.3) is 0 Å². The van der Waals surface area contributed by atoms with Gasteiger partial charge in [0.2, 0.25) is 5.91 Å². The van der Waals surface area contributed by atoms with E-state index in [0.717, 1.165) is 57.4 Å². The summed E-state index contributed by atoms with van der Waals surface area (Å²) in [7, 11) is 2.12. The van der Waals surface area contributed by atoms with Crippen molar-refractivity contribution in [2.45, 2.75) is 43.2 Å². The molecule has 0 unspecified atom stereocenters. The zero-order valence-corrected chi connectivity index (χ0v) is 18.1. The predicted octanol–water partition coefficient (Wildman–Crippen LogP) is 1.97. The molecule has 2 heterocycles. The molecule has 0 spiro atoms. The molecular weight excluding hydrogens is 397 g/mol. The largest absolute Gasteiger partial charge is 0.391 e. The van der Waals surface area contributed by atoms with Crippen LogP contribution in [0.3, 0.4) is 0 Å². The minimum Gasteiger partial charge on any atom is -0.391 e. The maximum absolute atomic E-state index is 13.5. The van der Waals surface area contributed by atoms with E-state index in [4.69, 9.17) is 0 Å². The van der Waals surface area contributed by atoms with Crippen molar-refractivity contribution in [1.82, 2.24) is 15.5 Å². The SMILES string of the molecule is CN1CCC(C(=O)N[C@H]2C[C@H]3CNC[C@H]3C[C@@H]2O)(c2ccccc2)CC1.Cl.Cl. The molecule has 1 aromatic rings. The number of carbonyl (C=O) groups is 1. The topological polar surface area (TPSA) is 64.6 Å². The second kappa shape index (κ2) is 9.77. The summed E-state index contributed by atoms with van der Waals surface area (Å²) in [5.41, 5.74) is 0.634. The molecule has 2 aliphatic heterocycles. The Morgan fingerprint density at radius 3 is 2.36 bits per heavy atom. The zero-order chi connectivity index (χ0) is 18.1. The lowest BCUT2D eigenvalue weighted by Crippen LogP contribution is -2.57. The van der Waals surface area contributed by atoms with Gasteiger partial charge in [0.1, 0.15) is 0 Å². The summed E-state index contributed by atoms with van der Waals surface area (Å²) in [6.45, 7) is 3.86. The van der Waals surface area contributed by atoms with E-state index in [1.54, 1.807) is 0 Å². The third kappa shape index (κ3) is 4.49. The van der Waals surface area contributed by atoms with Crippen molar-refractivity contribution in [1.29, 1.82) is 0 Å². The molecular formula is C21H33Cl2N3O2. The Morgan fingerprint density at radius 2 is 1.71 bits per heavy atom. The van der Waals surface area contributed by atoms with Crippen molar-refractivity contribution in [2.24, 2.45) is 11.8 Å². The maximum atomic E-state index is 13.5. The Hall–Kier alpha value is -0.850.